The molecular weight excluding hydrogens is 204 g/mol. The molecule has 2 atom stereocenters. The second kappa shape index (κ2) is 4.65. The molecule has 2 unspecified atom stereocenters. The lowest BCUT2D eigenvalue weighted by Crippen LogP contribution is -2.23. The molecular formula is C11H18N4O. The van der Waals surface area contributed by atoms with Gasteiger partial charge in [-0.3, -0.25) is 9.89 Å². The largest absolute Gasteiger partial charge is 0.328 e. The Morgan fingerprint density at radius 2 is 2.50 bits per heavy atom. The van der Waals surface area contributed by atoms with E-state index in [9.17, 15) is 4.79 Å². The Kier molecular flexibility index (Phi) is 3.24. The Balaban J connectivity index is 1.97. The molecule has 16 heavy (non-hydrogen) atoms. The van der Waals surface area contributed by atoms with Crippen LogP contribution in [0.15, 0.2) is 6.20 Å². The number of carbonyl (C=O) groups excluding carboxylic acids is 1. The van der Waals surface area contributed by atoms with Crippen molar-refractivity contribution in [1.29, 1.82) is 0 Å². The summed E-state index contributed by atoms with van der Waals surface area (Å²) in [5.41, 5.74) is 6.83. The van der Waals surface area contributed by atoms with Crippen molar-refractivity contribution in [2.45, 2.75) is 38.6 Å². The summed E-state index contributed by atoms with van der Waals surface area (Å²) in [4.78, 5) is 11.9. The number of anilines is 1. The maximum atomic E-state index is 11.9. The molecule has 1 aliphatic rings. The summed E-state index contributed by atoms with van der Waals surface area (Å²) in [5, 5.41) is 9.62. The first-order valence-corrected chi connectivity index (χ1v) is 5.79. The fourth-order valence-corrected chi connectivity index (χ4v) is 2.17. The van der Waals surface area contributed by atoms with E-state index < -0.39 is 0 Å². The van der Waals surface area contributed by atoms with Gasteiger partial charge in [0.15, 0.2) is 0 Å². The van der Waals surface area contributed by atoms with Crippen LogP contribution in [0, 0.1) is 5.92 Å². The van der Waals surface area contributed by atoms with Gasteiger partial charge in [0, 0.05) is 17.5 Å². The minimum atomic E-state index is 0.0583. The molecule has 1 saturated carbocycles. The van der Waals surface area contributed by atoms with Crippen molar-refractivity contribution in [1.82, 2.24) is 10.2 Å². The maximum absolute atomic E-state index is 11.9. The number of rotatable bonds is 3. The van der Waals surface area contributed by atoms with Gasteiger partial charge in [-0.2, -0.15) is 5.10 Å². The first-order valence-electron chi connectivity index (χ1n) is 5.79. The molecule has 0 aromatic carbocycles. The highest BCUT2D eigenvalue weighted by Crippen LogP contribution is 2.25. The predicted octanol–water partition coefficient (Wildman–Crippen LogP) is 1.04. The van der Waals surface area contributed by atoms with Crippen molar-refractivity contribution in [3.8, 4) is 0 Å². The van der Waals surface area contributed by atoms with Gasteiger partial charge in [0.2, 0.25) is 5.91 Å². The van der Waals surface area contributed by atoms with Crippen LogP contribution in [0.4, 0.5) is 5.82 Å². The number of hydrogen-bond donors (Lipinski definition) is 3. The van der Waals surface area contributed by atoms with E-state index in [0.717, 1.165) is 37.1 Å². The minimum absolute atomic E-state index is 0.0583. The van der Waals surface area contributed by atoms with Crippen LogP contribution in [0.1, 0.15) is 31.7 Å². The second-order valence-corrected chi connectivity index (χ2v) is 4.38. The van der Waals surface area contributed by atoms with E-state index in [-0.39, 0.29) is 17.9 Å². The second-order valence-electron chi connectivity index (χ2n) is 4.38. The Hall–Kier alpha value is -1.36. The molecule has 2 rings (SSSR count). The topological polar surface area (TPSA) is 83.8 Å². The third-order valence-electron chi connectivity index (χ3n) is 3.19. The molecule has 1 aliphatic carbocycles. The van der Waals surface area contributed by atoms with Gasteiger partial charge in [-0.05, 0) is 25.7 Å². The van der Waals surface area contributed by atoms with Crippen LogP contribution in [0.3, 0.4) is 0 Å². The summed E-state index contributed by atoms with van der Waals surface area (Å²) < 4.78 is 0. The van der Waals surface area contributed by atoms with E-state index >= 15 is 0 Å². The van der Waals surface area contributed by atoms with Crippen molar-refractivity contribution in [3.63, 3.8) is 0 Å². The molecule has 5 heteroatoms. The van der Waals surface area contributed by atoms with Gasteiger partial charge in [0.05, 0.1) is 6.20 Å². The van der Waals surface area contributed by atoms with Crippen molar-refractivity contribution in [2.24, 2.45) is 11.7 Å². The molecule has 1 amide bonds. The van der Waals surface area contributed by atoms with Crippen LogP contribution in [-0.4, -0.2) is 22.1 Å². The van der Waals surface area contributed by atoms with E-state index in [4.69, 9.17) is 5.73 Å². The zero-order chi connectivity index (χ0) is 11.5. The van der Waals surface area contributed by atoms with E-state index in [1.165, 1.54) is 0 Å². The highest BCUT2D eigenvalue weighted by Gasteiger charge is 2.28. The van der Waals surface area contributed by atoms with Crippen LogP contribution >= 0.6 is 0 Å². The third kappa shape index (κ3) is 2.24. The molecule has 4 N–H and O–H groups in total. The highest BCUT2D eigenvalue weighted by molar-refractivity contribution is 5.92. The Bertz CT molecular complexity index is 374. The third-order valence-corrected chi connectivity index (χ3v) is 3.19. The average molecular weight is 222 g/mol. The highest BCUT2D eigenvalue weighted by atomic mass is 16.2. The fraction of sp³-hybridized carbons (Fsp3) is 0.636. The molecule has 5 nitrogen and oxygen atoms in total. The summed E-state index contributed by atoms with van der Waals surface area (Å²) in [6.07, 6.45) is 5.23. The lowest BCUT2D eigenvalue weighted by molar-refractivity contribution is -0.119. The number of amides is 1. The molecule has 0 radical (unpaired) electrons. The van der Waals surface area contributed by atoms with Crippen molar-refractivity contribution in [3.05, 3.63) is 11.8 Å². The van der Waals surface area contributed by atoms with E-state index in [0.29, 0.717) is 0 Å². The SMILES string of the molecule is CCc1cn[nH]c1NC(=O)C1CCC(N)C1. The quantitative estimate of drug-likeness (QED) is 0.714. The van der Waals surface area contributed by atoms with Crippen molar-refractivity contribution in [2.75, 3.05) is 5.32 Å². The number of nitrogens with zero attached hydrogens (tertiary/aromatic N) is 1. The van der Waals surface area contributed by atoms with E-state index in [1.54, 1.807) is 6.20 Å². The van der Waals surface area contributed by atoms with Crippen LogP contribution in [0.5, 0.6) is 0 Å². The number of aromatic nitrogens is 2. The molecule has 0 aliphatic heterocycles. The number of nitrogens with two attached hydrogens (primary N) is 1. The van der Waals surface area contributed by atoms with Crippen LogP contribution < -0.4 is 11.1 Å². The monoisotopic (exact) mass is 222 g/mol. The van der Waals surface area contributed by atoms with Gasteiger partial charge >= 0.3 is 0 Å². The lowest BCUT2D eigenvalue weighted by atomic mass is 10.1. The first-order chi connectivity index (χ1) is 7.70. The number of hydrogen-bond acceptors (Lipinski definition) is 3. The number of nitrogens with one attached hydrogen (secondary N) is 2. The van der Waals surface area contributed by atoms with Crippen LogP contribution in [0.2, 0.25) is 0 Å². The van der Waals surface area contributed by atoms with Crippen molar-refractivity contribution >= 4 is 11.7 Å². The smallest absolute Gasteiger partial charge is 0.228 e. The average Bonchev–Trinajstić information content (AvgIpc) is 2.86. The Morgan fingerprint density at radius 3 is 3.12 bits per heavy atom. The Morgan fingerprint density at radius 1 is 1.69 bits per heavy atom. The molecule has 88 valence electrons. The maximum Gasteiger partial charge on any atom is 0.228 e. The summed E-state index contributed by atoms with van der Waals surface area (Å²) >= 11 is 0. The van der Waals surface area contributed by atoms with Crippen LogP contribution in [-0.2, 0) is 11.2 Å². The standard InChI is InChI=1S/C11H18N4O/c1-2-7-6-13-15-10(7)14-11(16)8-3-4-9(12)5-8/h6,8-9H,2-5,12H2,1H3,(H2,13,14,15,16). The Labute approximate surface area is 94.8 Å². The number of H-pyrrole nitrogens is 1. The normalized spacial score (nSPS) is 24.6. The zero-order valence-corrected chi connectivity index (χ0v) is 9.49. The molecule has 1 aromatic rings. The molecule has 1 aromatic heterocycles. The molecule has 0 spiro atoms. The molecule has 1 fully saturated rings. The van der Waals surface area contributed by atoms with Crippen molar-refractivity contribution < 1.29 is 4.79 Å². The lowest BCUT2D eigenvalue weighted by Gasteiger charge is -2.10. The van der Waals surface area contributed by atoms with Gasteiger partial charge in [-0.15, -0.1) is 0 Å². The fourth-order valence-electron chi connectivity index (χ4n) is 2.17. The number of carbonyl (C=O) groups is 1. The molecule has 0 saturated heterocycles. The van der Waals surface area contributed by atoms with Crippen LogP contribution in [0.25, 0.3) is 0 Å². The van der Waals surface area contributed by atoms with E-state index in [2.05, 4.69) is 15.5 Å². The number of aromatic amines is 1. The van der Waals surface area contributed by atoms with Gasteiger partial charge in [0.25, 0.3) is 0 Å². The molecule has 1 heterocycles. The molecule has 0 bridgehead atoms. The summed E-state index contributed by atoms with van der Waals surface area (Å²) in [6, 6.07) is 0.183. The first kappa shape index (κ1) is 11.1. The van der Waals surface area contributed by atoms with Gasteiger partial charge in [-0.25, -0.2) is 0 Å². The summed E-state index contributed by atoms with van der Waals surface area (Å²) in [5.74, 6) is 0.850. The van der Waals surface area contributed by atoms with Gasteiger partial charge in [-0.1, -0.05) is 6.92 Å². The number of aryl methyl sites for hydroxylation is 1. The summed E-state index contributed by atoms with van der Waals surface area (Å²) in [6.45, 7) is 2.03. The zero-order valence-electron chi connectivity index (χ0n) is 9.49. The minimum Gasteiger partial charge on any atom is -0.328 e. The predicted molar refractivity (Wildman–Crippen MR) is 61.9 cm³/mol. The van der Waals surface area contributed by atoms with Gasteiger partial charge in [0.1, 0.15) is 5.82 Å². The summed E-state index contributed by atoms with van der Waals surface area (Å²) in [7, 11) is 0. The van der Waals surface area contributed by atoms with Gasteiger partial charge < -0.3 is 11.1 Å². The van der Waals surface area contributed by atoms with E-state index in [1.807, 2.05) is 6.92 Å².